The summed E-state index contributed by atoms with van der Waals surface area (Å²) in [5.41, 5.74) is 1.06. The van der Waals surface area contributed by atoms with E-state index in [1.165, 1.54) is 6.07 Å². The second-order valence-corrected chi connectivity index (χ2v) is 5.76. The summed E-state index contributed by atoms with van der Waals surface area (Å²) in [4.78, 5) is 10.5. The van der Waals surface area contributed by atoms with Crippen molar-refractivity contribution in [2.75, 3.05) is 19.6 Å². The maximum atomic E-state index is 12.2. The van der Waals surface area contributed by atoms with E-state index in [0.29, 0.717) is 5.75 Å². The van der Waals surface area contributed by atoms with Gasteiger partial charge < -0.3 is 13.8 Å². The molecule has 0 aliphatic heterocycles. The predicted octanol–water partition coefficient (Wildman–Crippen LogP) is 4.00. The Morgan fingerprint density at radius 2 is 1.84 bits per heavy atom. The number of ether oxygens (including phenoxy) is 1. The first-order valence-corrected chi connectivity index (χ1v) is 7.72. The van der Waals surface area contributed by atoms with Crippen LogP contribution in [0.2, 0.25) is 0 Å². The van der Waals surface area contributed by atoms with Crippen molar-refractivity contribution in [3.63, 3.8) is 0 Å². The Labute approximate surface area is 112 Å². The molecule has 6 nitrogen and oxygen atoms in total. The molecule has 0 heterocycles. The van der Waals surface area contributed by atoms with Gasteiger partial charge in [-0.15, -0.1) is 4.91 Å². The number of aryl methyl sites for hydroxylation is 1. The van der Waals surface area contributed by atoms with Crippen LogP contribution >= 0.6 is 7.60 Å². The molecule has 1 aromatic rings. The van der Waals surface area contributed by atoms with E-state index in [2.05, 4.69) is 5.18 Å². The van der Waals surface area contributed by atoms with Crippen molar-refractivity contribution in [2.24, 2.45) is 5.18 Å². The van der Waals surface area contributed by atoms with Gasteiger partial charge in [0, 0.05) is 6.07 Å². The maximum absolute atomic E-state index is 12.2. The van der Waals surface area contributed by atoms with E-state index in [1.807, 2.05) is 6.92 Å². The minimum atomic E-state index is -3.26. The summed E-state index contributed by atoms with van der Waals surface area (Å²) in [6.07, 6.45) is -0.197. The Balaban J connectivity index is 2.79. The van der Waals surface area contributed by atoms with Crippen LogP contribution in [0.5, 0.6) is 5.75 Å². The quantitative estimate of drug-likeness (QED) is 0.533. The van der Waals surface area contributed by atoms with Gasteiger partial charge in [-0.3, -0.25) is 4.57 Å². The third-order valence-corrected chi connectivity index (χ3v) is 4.06. The van der Waals surface area contributed by atoms with E-state index >= 15 is 0 Å². The molecule has 0 amide bonds. The lowest BCUT2D eigenvalue weighted by Crippen LogP contribution is -2.06. The summed E-state index contributed by atoms with van der Waals surface area (Å²) in [6.45, 7) is 5.82. The van der Waals surface area contributed by atoms with Crippen molar-refractivity contribution in [2.45, 2.75) is 20.8 Å². The number of nitroso groups, excluding NO2 is 1. The summed E-state index contributed by atoms with van der Waals surface area (Å²) in [6, 6.07) is 4.78. The highest BCUT2D eigenvalue weighted by Gasteiger charge is 2.25. The molecule has 0 unspecified atom stereocenters. The Morgan fingerprint density at radius 1 is 1.21 bits per heavy atom. The number of hydrogen-bond acceptors (Lipinski definition) is 6. The summed E-state index contributed by atoms with van der Waals surface area (Å²) in [7, 11) is -3.26. The molecule has 0 atom stereocenters. The molecule has 106 valence electrons. The van der Waals surface area contributed by atoms with Gasteiger partial charge in [-0.25, -0.2) is 0 Å². The van der Waals surface area contributed by atoms with Crippen molar-refractivity contribution in [1.29, 1.82) is 0 Å². The Morgan fingerprint density at radius 3 is 2.37 bits per heavy atom. The average Bonchev–Trinajstić information content (AvgIpc) is 2.38. The fourth-order valence-electron chi connectivity index (χ4n) is 1.45. The number of benzene rings is 1. The van der Waals surface area contributed by atoms with E-state index in [4.69, 9.17) is 13.8 Å². The normalized spacial score (nSPS) is 11.3. The van der Waals surface area contributed by atoms with Crippen LogP contribution in [0.15, 0.2) is 23.4 Å². The number of nitrogens with zero attached hydrogens (tertiary/aromatic N) is 1. The van der Waals surface area contributed by atoms with Gasteiger partial charge in [0.15, 0.2) is 6.35 Å². The van der Waals surface area contributed by atoms with E-state index in [0.717, 1.165) is 5.56 Å². The lowest BCUT2D eigenvalue weighted by atomic mass is 10.2. The lowest BCUT2D eigenvalue weighted by molar-refractivity contribution is 0.196. The minimum absolute atomic E-state index is 0.197. The molecule has 7 heteroatoms. The summed E-state index contributed by atoms with van der Waals surface area (Å²) >= 11 is 0. The zero-order valence-corrected chi connectivity index (χ0v) is 12.2. The molecule has 1 rings (SSSR count). The van der Waals surface area contributed by atoms with E-state index in [-0.39, 0.29) is 25.2 Å². The molecule has 0 saturated carbocycles. The van der Waals surface area contributed by atoms with Gasteiger partial charge in [0.2, 0.25) is 0 Å². The highest BCUT2D eigenvalue weighted by Crippen LogP contribution is 2.48. The number of hydrogen-bond donors (Lipinski definition) is 0. The molecule has 0 N–H and O–H groups in total. The largest absolute Gasteiger partial charge is 0.481 e. The molecule has 0 aromatic heterocycles. The molecular formula is C12H18NO5P. The first kappa shape index (κ1) is 15.8. The molecule has 0 aliphatic carbocycles. The Hall–Kier alpha value is -1.23. The second-order valence-electron chi connectivity index (χ2n) is 3.76. The van der Waals surface area contributed by atoms with Crippen LogP contribution in [-0.4, -0.2) is 19.6 Å². The monoisotopic (exact) mass is 287 g/mol. The maximum Gasteiger partial charge on any atom is 0.367 e. The van der Waals surface area contributed by atoms with Crippen molar-refractivity contribution in [1.82, 2.24) is 0 Å². The topological polar surface area (TPSA) is 74.2 Å². The fourth-order valence-corrected chi connectivity index (χ4v) is 2.76. The molecule has 0 bridgehead atoms. The van der Waals surface area contributed by atoms with Crippen LogP contribution in [0, 0.1) is 11.8 Å². The van der Waals surface area contributed by atoms with E-state index in [9.17, 15) is 9.47 Å². The smallest absolute Gasteiger partial charge is 0.367 e. The van der Waals surface area contributed by atoms with Crippen molar-refractivity contribution in [3.05, 3.63) is 28.7 Å². The summed E-state index contributed by atoms with van der Waals surface area (Å²) in [5, 5.41) is 2.83. The average molecular weight is 287 g/mol. The Kier molecular flexibility index (Phi) is 6.15. The van der Waals surface area contributed by atoms with Crippen LogP contribution in [0.1, 0.15) is 19.4 Å². The third kappa shape index (κ3) is 4.74. The standard InChI is InChI=1S/C12H18NO5P/c1-4-17-19(15,18-5-2)9-16-12-8-11(13-14)7-6-10(12)3/h6-8H,4-5,9H2,1-3H3. The SMILES string of the molecule is CCOP(=O)(COc1cc(N=O)ccc1C)OCC. The first-order valence-electron chi connectivity index (χ1n) is 5.99. The highest BCUT2D eigenvalue weighted by atomic mass is 31.2. The Bertz CT molecular complexity index is 467. The molecule has 1 aromatic carbocycles. The molecule has 0 radical (unpaired) electrons. The molecule has 0 fully saturated rings. The van der Waals surface area contributed by atoms with Gasteiger partial charge in [0.05, 0.1) is 13.2 Å². The zero-order valence-electron chi connectivity index (χ0n) is 11.3. The van der Waals surface area contributed by atoms with Crippen LogP contribution in [0.25, 0.3) is 0 Å². The van der Waals surface area contributed by atoms with Crippen LogP contribution < -0.4 is 4.74 Å². The summed E-state index contributed by atoms with van der Waals surface area (Å²) < 4.78 is 27.9. The van der Waals surface area contributed by atoms with Crippen molar-refractivity contribution in [3.8, 4) is 5.75 Å². The predicted molar refractivity (Wildman–Crippen MR) is 73.0 cm³/mol. The van der Waals surface area contributed by atoms with Crippen LogP contribution in [0.3, 0.4) is 0 Å². The molecule has 0 aliphatic rings. The molecular weight excluding hydrogens is 269 g/mol. The summed E-state index contributed by atoms with van der Waals surface area (Å²) in [5.74, 6) is 0.441. The van der Waals surface area contributed by atoms with Gasteiger partial charge in [-0.05, 0) is 37.6 Å². The molecule has 0 saturated heterocycles. The first-order chi connectivity index (χ1) is 9.04. The van der Waals surface area contributed by atoms with Crippen LogP contribution in [-0.2, 0) is 13.6 Å². The van der Waals surface area contributed by atoms with Gasteiger partial charge in [0.1, 0.15) is 11.4 Å². The van der Waals surface area contributed by atoms with Gasteiger partial charge >= 0.3 is 7.60 Å². The molecule has 0 spiro atoms. The van der Waals surface area contributed by atoms with Gasteiger partial charge in [-0.1, -0.05) is 6.07 Å². The van der Waals surface area contributed by atoms with Crippen molar-refractivity contribution >= 4 is 13.3 Å². The fraction of sp³-hybridized carbons (Fsp3) is 0.500. The third-order valence-electron chi connectivity index (χ3n) is 2.31. The van der Waals surface area contributed by atoms with E-state index < -0.39 is 7.60 Å². The van der Waals surface area contributed by atoms with Gasteiger partial charge in [-0.2, -0.15) is 0 Å². The second kappa shape index (κ2) is 7.38. The van der Waals surface area contributed by atoms with E-state index in [1.54, 1.807) is 26.0 Å². The lowest BCUT2D eigenvalue weighted by Gasteiger charge is -2.18. The zero-order chi connectivity index (χ0) is 14.3. The van der Waals surface area contributed by atoms with Crippen LogP contribution in [0.4, 0.5) is 5.69 Å². The number of rotatable bonds is 8. The van der Waals surface area contributed by atoms with Crippen molar-refractivity contribution < 1.29 is 18.3 Å². The van der Waals surface area contributed by atoms with Gasteiger partial charge in [0.25, 0.3) is 0 Å². The highest BCUT2D eigenvalue weighted by molar-refractivity contribution is 7.53. The minimum Gasteiger partial charge on any atom is -0.481 e. The molecule has 19 heavy (non-hydrogen) atoms.